The molecule has 0 unspecified atom stereocenters. The van der Waals surface area contributed by atoms with Gasteiger partial charge in [0.05, 0.1) is 27.6 Å². The van der Waals surface area contributed by atoms with Crippen molar-refractivity contribution >= 4 is 59.9 Å². The van der Waals surface area contributed by atoms with Crippen molar-refractivity contribution < 1.29 is 0 Å². The van der Waals surface area contributed by atoms with Gasteiger partial charge in [0.25, 0.3) is 0 Å². The Hall–Kier alpha value is -6.85. The number of para-hydroxylation sites is 3. The molecule has 5 heteroatoms. The van der Waals surface area contributed by atoms with Crippen molar-refractivity contribution in [1.29, 1.82) is 0 Å². The quantitative estimate of drug-likeness (QED) is 0.193. The third-order valence-corrected chi connectivity index (χ3v) is 10.1. The normalized spacial score (nSPS) is 12.0. The minimum atomic E-state index is 0.644. The molecule has 0 N–H and O–H groups in total. The number of fused-ring (bicyclic) bond motifs is 10. The van der Waals surface area contributed by atoms with Gasteiger partial charge in [-0.2, -0.15) is 0 Å². The molecule has 4 aromatic heterocycles. The molecular weight excluding hydrogens is 611 g/mol. The lowest BCUT2D eigenvalue weighted by molar-refractivity contribution is 1.07. The molecule has 0 aliphatic heterocycles. The molecule has 4 heterocycles. The first-order valence-electron chi connectivity index (χ1n) is 16.9. The first-order chi connectivity index (χ1) is 24.8. The maximum Gasteiger partial charge on any atom is 0.164 e. The Bertz CT molecular complexity index is 3010. The van der Waals surface area contributed by atoms with Crippen LogP contribution in [0.1, 0.15) is 0 Å². The molecule has 0 bridgehead atoms. The van der Waals surface area contributed by atoms with Crippen LogP contribution in [0.2, 0.25) is 0 Å². The molecule has 11 aromatic rings. The largest absolute Gasteiger partial charge is 0.309 e. The SMILES string of the molecule is c1ccc(-c2nc(-c3ccccc3)nc(-c3ccc(-n4c5ccccc5c5cc6c7ccccc7n7c8ccccc8c(c54)c67)cc3)n2)cc1. The number of nitrogens with zero attached hydrogens (tertiary/aromatic N) is 5. The zero-order chi connectivity index (χ0) is 32.8. The van der Waals surface area contributed by atoms with E-state index < -0.39 is 0 Å². The van der Waals surface area contributed by atoms with E-state index in [4.69, 9.17) is 15.0 Å². The van der Waals surface area contributed by atoms with Gasteiger partial charge in [-0.05, 0) is 48.5 Å². The van der Waals surface area contributed by atoms with E-state index in [9.17, 15) is 0 Å². The van der Waals surface area contributed by atoms with Crippen molar-refractivity contribution in [3.8, 4) is 39.9 Å². The third kappa shape index (κ3) is 3.80. The zero-order valence-corrected chi connectivity index (χ0v) is 26.8. The van der Waals surface area contributed by atoms with E-state index >= 15 is 0 Å². The predicted octanol–water partition coefficient (Wildman–Crippen LogP) is 11.1. The van der Waals surface area contributed by atoms with Crippen molar-refractivity contribution in [1.82, 2.24) is 23.9 Å². The summed E-state index contributed by atoms with van der Waals surface area (Å²) >= 11 is 0. The molecule has 0 aliphatic carbocycles. The molecule has 5 nitrogen and oxygen atoms in total. The number of hydrogen-bond donors (Lipinski definition) is 0. The van der Waals surface area contributed by atoms with Gasteiger partial charge in [-0.15, -0.1) is 0 Å². The molecule has 0 atom stereocenters. The number of benzene rings is 7. The Morgan fingerprint density at radius 1 is 0.340 bits per heavy atom. The van der Waals surface area contributed by atoms with Crippen LogP contribution in [-0.2, 0) is 0 Å². The molecule has 0 radical (unpaired) electrons. The molecule has 50 heavy (non-hydrogen) atoms. The summed E-state index contributed by atoms with van der Waals surface area (Å²) in [5.41, 5.74) is 10.1. The number of rotatable bonds is 4. The fourth-order valence-corrected chi connectivity index (χ4v) is 7.92. The van der Waals surface area contributed by atoms with Crippen LogP contribution >= 0.6 is 0 Å². The predicted molar refractivity (Wildman–Crippen MR) is 205 cm³/mol. The summed E-state index contributed by atoms with van der Waals surface area (Å²) in [5.74, 6) is 1.95. The van der Waals surface area contributed by atoms with Gasteiger partial charge in [0, 0.05) is 54.7 Å². The molecule has 0 amide bonds. The third-order valence-electron chi connectivity index (χ3n) is 10.1. The van der Waals surface area contributed by atoms with E-state index in [0.717, 1.165) is 22.4 Å². The van der Waals surface area contributed by atoms with Gasteiger partial charge in [-0.25, -0.2) is 15.0 Å². The Morgan fingerprint density at radius 3 is 1.38 bits per heavy atom. The molecule has 11 rings (SSSR count). The van der Waals surface area contributed by atoms with Gasteiger partial charge >= 0.3 is 0 Å². The maximum absolute atomic E-state index is 4.97. The van der Waals surface area contributed by atoms with Crippen LogP contribution in [0.3, 0.4) is 0 Å². The van der Waals surface area contributed by atoms with Crippen LogP contribution < -0.4 is 0 Å². The lowest BCUT2D eigenvalue weighted by atomic mass is 10.0. The van der Waals surface area contributed by atoms with Crippen LogP contribution in [0, 0.1) is 0 Å². The second-order valence-corrected chi connectivity index (χ2v) is 12.9. The van der Waals surface area contributed by atoms with Crippen LogP contribution in [-0.4, -0.2) is 23.9 Å². The van der Waals surface area contributed by atoms with E-state index in [1.54, 1.807) is 0 Å². The monoisotopic (exact) mass is 637 g/mol. The van der Waals surface area contributed by atoms with Gasteiger partial charge in [0.2, 0.25) is 0 Å². The van der Waals surface area contributed by atoms with Crippen LogP contribution in [0.25, 0.3) is 99.8 Å². The summed E-state index contributed by atoms with van der Waals surface area (Å²) in [6.45, 7) is 0. The average Bonchev–Trinajstić information content (AvgIpc) is 3.83. The topological polar surface area (TPSA) is 48.0 Å². The van der Waals surface area contributed by atoms with E-state index in [0.29, 0.717) is 17.5 Å². The summed E-state index contributed by atoms with van der Waals surface area (Å²) in [7, 11) is 0. The Labute approximate surface area is 286 Å². The van der Waals surface area contributed by atoms with E-state index in [2.05, 4.69) is 112 Å². The maximum atomic E-state index is 4.97. The summed E-state index contributed by atoms with van der Waals surface area (Å²) in [5, 5.41) is 7.60. The average molecular weight is 638 g/mol. The van der Waals surface area contributed by atoms with Gasteiger partial charge in [-0.3, -0.25) is 0 Å². The first kappa shape index (κ1) is 27.1. The fourth-order valence-electron chi connectivity index (χ4n) is 7.92. The lowest BCUT2D eigenvalue weighted by Gasteiger charge is -2.11. The van der Waals surface area contributed by atoms with Gasteiger partial charge in [0.1, 0.15) is 0 Å². The highest BCUT2D eigenvalue weighted by molar-refractivity contribution is 6.34. The molecule has 0 spiro atoms. The minimum absolute atomic E-state index is 0.644. The summed E-state index contributed by atoms with van der Waals surface area (Å²) < 4.78 is 4.89. The highest BCUT2D eigenvalue weighted by atomic mass is 15.0. The lowest BCUT2D eigenvalue weighted by Crippen LogP contribution is -2.00. The summed E-state index contributed by atoms with van der Waals surface area (Å²) in [6, 6.07) is 57.7. The van der Waals surface area contributed by atoms with E-state index in [1.165, 1.54) is 59.9 Å². The van der Waals surface area contributed by atoms with Crippen molar-refractivity contribution in [3.63, 3.8) is 0 Å². The smallest absolute Gasteiger partial charge is 0.164 e. The molecule has 0 fully saturated rings. The van der Waals surface area contributed by atoms with E-state index in [-0.39, 0.29) is 0 Å². The van der Waals surface area contributed by atoms with Crippen molar-refractivity contribution in [3.05, 3.63) is 164 Å². The summed E-state index contributed by atoms with van der Waals surface area (Å²) in [6.07, 6.45) is 0. The minimum Gasteiger partial charge on any atom is -0.309 e. The molecular formula is C45H27N5. The highest BCUT2D eigenvalue weighted by Gasteiger charge is 2.24. The Morgan fingerprint density at radius 2 is 0.780 bits per heavy atom. The number of hydrogen-bond acceptors (Lipinski definition) is 3. The standard InChI is InChI=1S/C45H27N5/c1-3-13-28(14-4-1)43-46-44(29-15-5-2-6-16-29)48-45(47-43)30-23-25-31(26-24-30)49-37-20-10-7-17-32(37)35-27-36-33-18-8-11-21-38(33)50-39-22-12-9-19-34(39)40(41(35)49)42(36)50/h1-27H. The highest BCUT2D eigenvalue weighted by Crippen LogP contribution is 2.46. The first-order valence-corrected chi connectivity index (χ1v) is 16.9. The zero-order valence-electron chi connectivity index (χ0n) is 26.8. The molecule has 0 saturated heterocycles. The molecule has 232 valence electrons. The second-order valence-electron chi connectivity index (χ2n) is 12.9. The van der Waals surface area contributed by atoms with Gasteiger partial charge in [0.15, 0.2) is 17.5 Å². The Kier molecular flexibility index (Phi) is 5.60. The summed E-state index contributed by atoms with van der Waals surface area (Å²) in [4.78, 5) is 14.8. The van der Waals surface area contributed by atoms with E-state index in [1.807, 2.05) is 60.7 Å². The van der Waals surface area contributed by atoms with Crippen LogP contribution in [0.15, 0.2) is 164 Å². The fraction of sp³-hybridized carbons (Fsp3) is 0. The van der Waals surface area contributed by atoms with Crippen LogP contribution in [0.4, 0.5) is 0 Å². The van der Waals surface area contributed by atoms with Gasteiger partial charge < -0.3 is 8.97 Å². The number of aromatic nitrogens is 5. The van der Waals surface area contributed by atoms with Crippen molar-refractivity contribution in [2.24, 2.45) is 0 Å². The molecule has 7 aromatic carbocycles. The van der Waals surface area contributed by atoms with Crippen LogP contribution in [0.5, 0.6) is 0 Å². The van der Waals surface area contributed by atoms with Crippen molar-refractivity contribution in [2.75, 3.05) is 0 Å². The Balaban J connectivity index is 1.16. The second kappa shape index (κ2) is 10.3. The van der Waals surface area contributed by atoms with Crippen molar-refractivity contribution in [2.45, 2.75) is 0 Å². The van der Waals surface area contributed by atoms with Gasteiger partial charge in [-0.1, -0.05) is 115 Å². The molecule has 0 saturated carbocycles. The molecule has 0 aliphatic rings.